The van der Waals surface area contributed by atoms with Gasteiger partial charge in [0.25, 0.3) is 0 Å². The molecule has 16 heavy (non-hydrogen) atoms. The van der Waals surface area contributed by atoms with E-state index in [-0.39, 0.29) is 0 Å². The van der Waals surface area contributed by atoms with Gasteiger partial charge in [0.2, 0.25) is 0 Å². The molecule has 0 radical (unpaired) electrons. The minimum Gasteiger partial charge on any atom is -0.120 e. The van der Waals surface area contributed by atoms with Gasteiger partial charge >= 0.3 is 0 Å². The Balaban J connectivity index is 1.81. The second-order valence-electron chi connectivity index (χ2n) is 4.40. The van der Waals surface area contributed by atoms with Gasteiger partial charge in [-0.25, -0.2) is 0 Å². The van der Waals surface area contributed by atoms with Crippen molar-refractivity contribution in [1.82, 2.24) is 0 Å². The molecule has 1 atom stereocenters. The molecule has 0 fully saturated rings. The molecule has 0 aromatic heterocycles. The van der Waals surface area contributed by atoms with Gasteiger partial charge in [-0.05, 0) is 24.0 Å². The van der Waals surface area contributed by atoms with Crippen molar-refractivity contribution in [3.63, 3.8) is 0 Å². The van der Waals surface area contributed by atoms with E-state index in [9.17, 15) is 0 Å². The minimum absolute atomic E-state index is 0.641. The molecule has 0 bridgehead atoms. The van der Waals surface area contributed by atoms with Crippen LogP contribution in [-0.2, 0) is 0 Å². The fourth-order valence-corrected chi connectivity index (χ4v) is 2.34. The van der Waals surface area contributed by atoms with Crippen molar-refractivity contribution >= 4 is 6.08 Å². The molecule has 0 nitrogen and oxygen atoms in total. The first-order valence-electron chi connectivity index (χ1n) is 6.12. The normalized spacial score (nSPS) is 17.1. The van der Waals surface area contributed by atoms with Gasteiger partial charge in [0, 0.05) is 12.3 Å². The molecule has 1 unspecified atom stereocenters. The van der Waals surface area contributed by atoms with E-state index in [0.717, 1.165) is 6.42 Å². The molecule has 0 saturated carbocycles. The third-order valence-electron chi connectivity index (χ3n) is 3.24. The van der Waals surface area contributed by atoms with Crippen LogP contribution >= 0.6 is 0 Å². The summed E-state index contributed by atoms with van der Waals surface area (Å²) in [7, 11) is 0. The molecule has 0 spiro atoms. The average molecular weight is 210 g/mol. The van der Waals surface area contributed by atoms with Crippen molar-refractivity contribution in [2.45, 2.75) is 38.0 Å². The van der Waals surface area contributed by atoms with E-state index in [0.29, 0.717) is 5.92 Å². The maximum Gasteiger partial charge on any atom is 0.00860 e. The first-order valence-corrected chi connectivity index (χ1v) is 6.12. The second-order valence-corrected chi connectivity index (χ2v) is 4.40. The maximum absolute atomic E-state index is 5.23. The molecule has 0 heterocycles. The van der Waals surface area contributed by atoms with Crippen molar-refractivity contribution < 1.29 is 0 Å². The topological polar surface area (TPSA) is 0 Å². The van der Waals surface area contributed by atoms with Crippen LogP contribution in [-0.4, -0.2) is 0 Å². The predicted molar refractivity (Wildman–Crippen MR) is 70.1 cm³/mol. The molecular formula is C16H18. The predicted octanol–water partition coefficient (Wildman–Crippen LogP) is 4.38. The molecule has 0 aliphatic heterocycles. The number of hydrogen-bond donors (Lipinski definition) is 0. The van der Waals surface area contributed by atoms with Gasteiger partial charge in [-0.1, -0.05) is 49.3 Å². The number of fused-ring (bicyclic) bond motifs is 1. The number of unbranched alkanes of at least 4 members (excludes halogenated alkanes) is 3. The van der Waals surface area contributed by atoms with E-state index in [1.54, 1.807) is 0 Å². The molecule has 0 N–H and O–H groups in total. The van der Waals surface area contributed by atoms with Crippen molar-refractivity contribution in [2.24, 2.45) is 0 Å². The van der Waals surface area contributed by atoms with Crippen molar-refractivity contribution in [2.75, 3.05) is 0 Å². The molecule has 1 aliphatic carbocycles. The molecule has 1 aromatic rings. The lowest BCUT2D eigenvalue weighted by molar-refractivity contribution is 0.620. The second kappa shape index (κ2) is 5.56. The molecule has 1 aliphatic rings. The summed E-state index contributed by atoms with van der Waals surface area (Å²) in [6, 6.07) is 8.70. The summed E-state index contributed by atoms with van der Waals surface area (Å²) in [5.74, 6) is 3.34. The lowest BCUT2D eigenvalue weighted by atomic mass is 9.95. The zero-order valence-corrected chi connectivity index (χ0v) is 9.65. The highest BCUT2D eigenvalue weighted by molar-refractivity contribution is 5.62. The Morgan fingerprint density at radius 2 is 2.00 bits per heavy atom. The van der Waals surface area contributed by atoms with E-state index < -0.39 is 0 Å². The molecule has 82 valence electrons. The fourth-order valence-electron chi connectivity index (χ4n) is 2.34. The molecule has 0 saturated heterocycles. The number of rotatable bonds is 5. The number of benzene rings is 1. The summed E-state index contributed by atoms with van der Waals surface area (Å²) in [6.45, 7) is 0. The lowest BCUT2D eigenvalue weighted by Crippen LogP contribution is -1.93. The Bertz CT molecular complexity index is 406. The van der Waals surface area contributed by atoms with E-state index >= 15 is 0 Å². The first-order chi connectivity index (χ1) is 7.92. The van der Waals surface area contributed by atoms with Crippen LogP contribution in [0.1, 0.15) is 49.1 Å². The molecular weight excluding hydrogens is 192 g/mol. The molecule has 1 aromatic carbocycles. The van der Waals surface area contributed by atoms with Crippen molar-refractivity contribution in [1.29, 1.82) is 0 Å². The SMILES string of the molecule is C#CCCCCCC1C=Cc2ccccc21. The van der Waals surface area contributed by atoms with Gasteiger partial charge in [-0.3, -0.25) is 0 Å². The van der Waals surface area contributed by atoms with Crippen molar-refractivity contribution in [3.8, 4) is 12.3 Å². The van der Waals surface area contributed by atoms with Crippen LogP contribution in [0.3, 0.4) is 0 Å². The van der Waals surface area contributed by atoms with Gasteiger partial charge in [0.1, 0.15) is 0 Å². The Hall–Kier alpha value is -1.48. The summed E-state index contributed by atoms with van der Waals surface area (Å²) in [5.41, 5.74) is 2.90. The Morgan fingerprint density at radius 3 is 2.88 bits per heavy atom. The Kier molecular flexibility index (Phi) is 3.83. The minimum atomic E-state index is 0.641. The summed E-state index contributed by atoms with van der Waals surface area (Å²) >= 11 is 0. The molecule has 0 amide bonds. The first kappa shape index (κ1) is 11.0. The standard InChI is InChI=1S/C16H18/c1-2-3-4-5-6-9-14-12-13-15-10-7-8-11-16(14)15/h1,7-8,10-14H,3-6,9H2. The highest BCUT2D eigenvalue weighted by Crippen LogP contribution is 2.33. The van der Waals surface area contributed by atoms with Gasteiger partial charge in [0.15, 0.2) is 0 Å². The largest absolute Gasteiger partial charge is 0.120 e. The van der Waals surface area contributed by atoms with E-state index in [2.05, 4.69) is 42.3 Å². The summed E-state index contributed by atoms with van der Waals surface area (Å²) < 4.78 is 0. The van der Waals surface area contributed by atoms with Crippen LogP contribution in [0.2, 0.25) is 0 Å². The number of allylic oxidation sites excluding steroid dienone is 1. The Morgan fingerprint density at radius 1 is 1.12 bits per heavy atom. The smallest absolute Gasteiger partial charge is 0.00860 e. The third kappa shape index (κ3) is 2.55. The maximum atomic E-state index is 5.23. The van der Waals surface area contributed by atoms with E-state index in [4.69, 9.17) is 6.42 Å². The van der Waals surface area contributed by atoms with E-state index in [1.807, 2.05) is 0 Å². The lowest BCUT2D eigenvalue weighted by Gasteiger charge is -2.10. The van der Waals surface area contributed by atoms with Crippen LogP contribution in [0.5, 0.6) is 0 Å². The van der Waals surface area contributed by atoms with Crippen LogP contribution in [0, 0.1) is 12.3 Å². The van der Waals surface area contributed by atoms with Gasteiger partial charge in [-0.2, -0.15) is 0 Å². The number of terminal acetylenes is 1. The zero-order valence-electron chi connectivity index (χ0n) is 9.65. The highest BCUT2D eigenvalue weighted by atomic mass is 14.2. The zero-order chi connectivity index (χ0) is 11.2. The quantitative estimate of drug-likeness (QED) is 0.499. The number of hydrogen-bond acceptors (Lipinski definition) is 0. The van der Waals surface area contributed by atoms with Gasteiger partial charge in [0.05, 0.1) is 0 Å². The monoisotopic (exact) mass is 210 g/mol. The van der Waals surface area contributed by atoms with Crippen LogP contribution in [0.15, 0.2) is 30.3 Å². The highest BCUT2D eigenvalue weighted by Gasteiger charge is 2.15. The fraction of sp³-hybridized carbons (Fsp3) is 0.375. The average Bonchev–Trinajstić information content (AvgIpc) is 2.73. The van der Waals surface area contributed by atoms with Gasteiger partial charge in [-0.15, -0.1) is 12.3 Å². The van der Waals surface area contributed by atoms with E-state index in [1.165, 1.54) is 36.8 Å². The third-order valence-corrected chi connectivity index (χ3v) is 3.24. The van der Waals surface area contributed by atoms with Crippen molar-refractivity contribution in [3.05, 3.63) is 41.5 Å². The van der Waals surface area contributed by atoms with Gasteiger partial charge < -0.3 is 0 Å². The molecule has 2 rings (SSSR count). The van der Waals surface area contributed by atoms with Crippen LogP contribution in [0.25, 0.3) is 6.08 Å². The summed E-state index contributed by atoms with van der Waals surface area (Å²) in [5, 5.41) is 0. The van der Waals surface area contributed by atoms with Crippen LogP contribution in [0.4, 0.5) is 0 Å². The van der Waals surface area contributed by atoms with Crippen LogP contribution < -0.4 is 0 Å². The summed E-state index contributed by atoms with van der Waals surface area (Å²) in [6.07, 6.45) is 15.7. The summed E-state index contributed by atoms with van der Waals surface area (Å²) in [4.78, 5) is 0. The Labute approximate surface area is 98.4 Å². The molecule has 0 heteroatoms.